The third kappa shape index (κ3) is 2.41. The minimum absolute atomic E-state index is 0.278. The predicted octanol–water partition coefficient (Wildman–Crippen LogP) is 3.35. The van der Waals surface area contributed by atoms with Gasteiger partial charge in [0, 0.05) is 5.56 Å². The van der Waals surface area contributed by atoms with Gasteiger partial charge in [0.2, 0.25) is 0 Å². The summed E-state index contributed by atoms with van der Waals surface area (Å²) in [5.74, 6) is -1.05. The molecular formula is C9H8ClF4N. The van der Waals surface area contributed by atoms with Crippen LogP contribution in [0.2, 0.25) is 5.02 Å². The minimum Gasteiger partial charge on any atom is -0.316 e. The lowest BCUT2D eigenvalue weighted by Crippen LogP contribution is -2.29. The van der Waals surface area contributed by atoms with E-state index in [0.29, 0.717) is 5.56 Å². The second kappa shape index (κ2) is 3.98. The van der Waals surface area contributed by atoms with Crippen molar-refractivity contribution in [2.24, 2.45) is 5.73 Å². The third-order valence-electron chi connectivity index (χ3n) is 1.98. The van der Waals surface area contributed by atoms with Gasteiger partial charge < -0.3 is 5.73 Å². The molecule has 0 saturated heterocycles. The van der Waals surface area contributed by atoms with Gasteiger partial charge in [-0.15, -0.1) is 0 Å². The van der Waals surface area contributed by atoms with Crippen LogP contribution in [-0.2, 0) is 0 Å². The zero-order valence-electron chi connectivity index (χ0n) is 7.70. The van der Waals surface area contributed by atoms with Crippen LogP contribution in [0.5, 0.6) is 0 Å². The molecule has 0 spiro atoms. The quantitative estimate of drug-likeness (QED) is 0.750. The molecule has 0 fully saturated rings. The summed E-state index contributed by atoms with van der Waals surface area (Å²) in [6, 6.07) is -0.184. The van der Waals surface area contributed by atoms with Gasteiger partial charge >= 0.3 is 6.18 Å². The van der Waals surface area contributed by atoms with Gasteiger partial charge in [-0.05, 0) is 18.6 Å². The number of hydrogen-bond acceptors (Lipinski definition) is 1. The zero-order valence-corrected chi connectivity index (χ0v) is 8.46. The summed E-state index contributed by atoms with van der Waals surface area (Å²) in [5, 5.41) is -0.278. The van der Waals surface area contributed by atoms with Crippen LogP contribution in [0, 0.1) is 12.7 Å². The van der Waals surface area contributed by atoms with Crippen LogP contribution in [0.15, 0.2) is 12.1 Å². The molecule has 15 heavy (non-hydrogen) atoms. The van der Waals surface area contributed by atoms with Crippen molar-refractivity contribution in [2.45, 2.75) is 19.1 Å². The fraction of sp³-hybridized carbons (Fsp3) is 0.333. The van der Waals surface area contributed by atoms with E-state index in [1.807, 2.05) is 0 Å². The van der Waals surface area contributed by atoms with E-state index in [4.69, 9.17) is 17.3 Å². The summed E-state index contributed by atoms with van der Waals surface area (Å²) in [6.07, 6.45) is -4.71. The van der Waals surface area contributed by atoms with Crippen LogP contribution in [0.25, 0.3) is 0 Å². The van der Waals surface area contributed by atoms with Crippen molar-refractivity contribution in [3.8, 4) is 0 Å². The molecule has 0 aromatic heterocycles. The summed E-state index contributed by atoms with van der Waals surface area (Å²) < 4.78 is 50.0. The van der Waals surface area contributed by atoms with Crippen molar-refractivity contribution >= 4 is 11.6 Å². The maximum atomic E-state index is 13.1. The summed E-state index contributed by atoms with van der Waals surface area (Å²) in [7, 11) is 0. The van der Waals surface area contributed by atoms with Gasteiger partial charge in [-0.2, -0.15) is 13.2 Å². The Hall–Kier alpha value is -0.810. The van der Waals surface area contributed by atoms with Crippen LogP contribution in [-0.4, -0.2) is 6.18 Å². The Bertz CT molecular complexity index is 375. The topological polar surface area (TPSA) is 26.0 Å². The fourth-order valence-corrected chi connectivity index (χ4v) is 1.40. The molecule has 1 aromatic carbocycles. The largest absolute Gasteiger partial charge is 0.407 e. The average molecular weight is 242 g/mol. The molecule has 0 heterocycles. The smallest absolute Gasteiger partial charge is 0.316 e. The van der Waals surface area contributed by atoms with Crippen LogP contribution in [0.3, 0.4) is 0 Å². The highest BCUT2D eigenvalue weighted by Crippen LogP contribution is 2.36. The zero-order chi connectivity index (χ0) is 11.8. The number of rotatable bonds is 1. The van der Waals surface area contributed by atoms with Gasteiger partial charge in [0.25, 0.3) is 0 Å². The molecule has 0 radical (unpaired) electrons. The van der Waals surface area contributed by atoms with E-state index in [9.17, 15) is 17.6 Å². The number of aryl methyl sites for hydroxylation is 1. The number of nitrogens with two attached hydrogens (primary N) is 1. The van der Waals surface area contributed by atoms with Crippen LogP contribution in [0.4, 0.5) is 17.6 Å². The second-order valence-corrected chi connectivity index (χ2v) is 3.49. The predicted molar refractivity (Wildman–Crippen MR) is 49.1 cm³/mol. The summed E-state index contributed by atoms with van der Waals surface area (Å²) in [6.45, 7) is 1.48. The maximum absolute atomic E-state index is 13.1. The Morgan fingerprint density at radius 2 is 1.87 bits per heavy atom. The number of hydrogen-bond donors (Lipinski definition) is 1. The lowest BCUT2D eigenvalue weighted by Gasteiger charge is -2.18. The van der Waals surface area contributed by atoms with E-state index in [1.165, 1.54) is 13.0 Å². The van der Waals surface area contributed by atoms with E-state index in [0.717, 1.165) is 6.07 Å². The lowest BCUT2D eigenvalue weighted by molar-refractivity contribution is -0.149. The maximum Gasteiger partial charge on any atom is 0.407 e. The molecule has 0 aliphatic rings. The third-order valence-corrected chi connectivity index (χ3v) is 2.48. The highest BCUT2D eigenvalue weighted by molar-refractivity contribution is 6.32. The number of benzene rings is 1. The molecule has 1 atom stereocenters. The Morgan fingerprint density at radius 3 is 2.33 bits per heavy atom. The molecule has 1 aromatic rings. The van der Waals surface area contributed by atoms with E-state index >= 15 is 0 Å². The van der Waals surface area contributed by atoms with Gasteiger partial charge in [0.15, 0.2) is 0 Å². The lowest BCUT2D eigenvalue weighted by atomic mass is 10.0. The van der Waals surface area contributed by atoms with Crippen molar-refractivity contribution in [1.82, 2.24) is 0 Å². The van der Waals surface area contributed by atoms with Crippen molar-refractivity contribution in [2.75, 3.05) is 0 Å². The highest BCUT2D eigenvalue weighted by Gasteiger charge is 2.40. The Morgan fingerprint density at radius 1 is 1.33 bits per heavy atom. The molecule has 0 bridgehead atoms. The molecule has 84 valence electrons. The summed E-state index contributed by atoms with van der Waals surface area (Å²) >= 11 is 5.58. The van der Waals surface area contributed by atoms with E-state index in [1.54, 1.807) is 0 Å². The minimum atomic E-state index is -4.71. The summed E-state index contributed by atoms with van der Waals surface area (Å²) in [4.78, 5) is 0. The van der Waals surface area contributed by atoms with E-state index in [2.05, 4.69) is 0 Å². The number of alkyl halides is 3. The van der Waals surface area contributed by atoms with Gasteiger partial charge in [-0.25, -0.2) is 4.39 Å². The first-order valence-electron chi connectivity index (χ1n) is 4.02. The molecule has 0 unspecified atom stereocenters. The molecule has 1 rings (SSSR count). The molecule has 1 nitrogen and oxygen atoms in total. The van der Waals surface area contributed by atoms with Crippen molar-refractivity contribution in [1.29, 1.82) is 0 Å². The Kier molecular flexibility index (Phi) is 3.25. The van der Waals surface area contributed by atoms with Crippen molar-refractivity contribution < 1.29 is 17.6 Å². The normalized spacial score (nSPS) is 14.1. The van der Waals surface area contributed by atoms with E-state index < -0.39 is 23.6 Å². The highest BCUT2D eigenvalue weighted by atomic mass is 35.5. The van der Waals surface area contributed by atoms with Crippen molar-refractivity contribution in [3.05, 3.63) is 34.1 Å². The first-order valence-corrected chi connectivity index (χ1v) is 4.39. The summed E-state index contributed by atoms with van der Waals surface area (Å²) in [5.41, 5.74) is 4.54. The number of halogens is 5. The van der Waals surface area contributed by atoms with Gasteiger partial charge in [-0.1, -0.05) is 17.7 Å². The molecular weight excluding hydrogens is 234 g/mol. The molecule has 2 N–H and O–H groups in total. The van der Waals surface area contributed by atoms with Gasteiger partial charge in [0.05, 0.1) is 5.02 Å². The second-order valence-electron chi connectivity index (χ2n) is 3.11. The van der Waals surface area contributed by atoms with Crippen LogP contribution >= 0.6 is 11.6 Å². The van der Waals surface area contributed by atoms with E-state index in [-0.39, 0.29) is 5.02 Å². The van der Waals surface area contributed by atoms with Crippen LogP contribution < -0.4 is 5.73 Å². The molecule has 6 heteroatoms. The first-order chi connectivity index (χ1) is 6.75. The van der Waals surface area contributed by atoms with Gasteiger partial charge in [-0.3, -0.25) is 0 Å². The molecule has 0 aliphatic carbocycles. The van der Waals surface area contributed by atoms with Gasteiger partial charge in [0.1, 0.15) is 11.9 Å². The molecule has 0 amide bonds. The first kappa shape index (κ1) is 12.3. The standard InChI is InChI=1S/C9H8ClF4N/c1-4-2-3-5(11)6(7(4)10)8(15)9(12,13)14/h2-3,8H,15H2,1H3/t8-/m1/s1. The molecule has 0 aliphatic heterocycles. The average Bonchev–Trinajstić information content (AvgIpc) is 2.10. The SMILES string of the molecule is Cc1ccc(F)c([C@@H](N)C(F)(F)F)c1Cl. The fourth-order valence-electron chi connectivity index (χ4n) is 1.13. The van der Waals surface area contributed by atoms with Crippen LogP contribution in [0.1, 0.15) is 17.2 Å². The van der Waals surface area contributed by atoms with Crippen molar-refractivity contribution in [3.63, 3.8) is 0 Å². The Balaban J connectivity index is 3.31. The monoisotopic (exact) mass is 241 g/mol. The molecule has 0 saturated carbocycles. The Labute approximate surface area is 88.8 Å².